The van der Waals surface area contributed by atoms with E-state index in [-0.39, 0.29) is 35.3 Å². The lowest BCUT2D eigenvalue weighted by Crippen LogP contribution is -2.83. The lowest BCUT2D eigenvalue weighted by atomic mass is 9.44. The van der Waals surface area contributed by atoms with Gasteiger partial charge in [-0.05, 0) is 63.5 Å². The van der Waals surface area contributed by atoms with Crippen LogP contribution in [0.25, 0.3) is 0 Å². The van der Waals surface area contributed by atoms with Crippen LogP contribution in [0.1, 0.15) is 83.8 Å². The SMILES string of the molecule is CC(=O)O[C@@]12CO[C@@H]1C[C@H](O)[C@@]1(C)C(=O)[C@H](O)C3=C(C)[C@@H](OC(=O)[C@H](O)[C@@H](NC(=O)OC(C)(C)C)c4ccccc4)[C@@H]4OC(=O)O[C@]4(C(OC(=O)c4ccccc4)[C@H]21)C3(C)C. The van der Waals surface area contributed by atoms with Gasteiger partial charge in [0.2, 0.25) is 5.60 Å². The van der Waals surface area contributed by atoms with Crippen LogP contribution in [0.3, 0.4) is 0 Å². The molecule has 4 N–H and O–H groups in total. The van der Waals surface area contributed by atoms with Gasteiger partial charge in [0.25, 0.3) is 0 Å². The smallest absolute Gasteiger partial charge is 0.454 e. The average molecular weight is 850 g/mol. The number of nitrogens with one attached hydrogen (secondary N) is 1. The van der Waals surface area contributed by atoms with E-state index in [0.717, 1.165) is 6.92 Å². The second kappa shape index (κ2) is 15.2. The molecule has 0 aromatic heterocycles. The summed E-state index contributed by atoms with van der Waals surface area (Å²) in [7, 11) is 0. The van der Waals surface area contributed by atoms with E-state index in [2.05, 4.69) is 5.32 Å². The van der Waals surface area contributed by atoms with E-state index >= 15 is 4.79 Å². The van der Waals surface area contributed by atoms with Crippen LogP contribution < -0.4 is 5.32 Å². The van der Waals surface area contributed by atoms with Crippen LogP contribution in [0.4, 0.5) is 9.59 Å². The highest BCUT2D eigenvalue weighted by molar-refractivity contribution is 5.94. The van der Waals surface area contributed by atoms with Crippen molar-refractivity contribution in [3.05, 3.63) is 82.9 Å². The van der Waals surface area contributed by atoms with Crippen molar-refractivity contribution >= 4 is 35.9 Å². The third-order valence-electron chi connectivity index (χ3n) is 13.0. The van der Waals surface area contributed by atoms with Crippen LogP contribution in [0.5, 0.6) is 0 Å². The highest BCUT2D eigenvalue weighted by Gasteiger charge is 2.83. The molecule has 1 spiro atoms. The number of Topliss-reactive ketones (excluding diaryl/α,β-unsaturated/α-hetero) is 1. The summed E-state index contributed by atoms with van der Waals surface area (Å²) in [5.41, 5.74) is -8.72. The second-order valence-corrected chi connectivity index (χ2v) is 18.1. The quantitative estimate of drug-likeness (QED) is 0.169. The Balaban J connectivity index is 1.42. The van der Waals surface area contributed by atoms with Crippen molar-refractivity contribution in [1.29, 1.82) is 0 Å². The summed E-state index contributed by atoms with van der Waals surface area (Å²) in [4.78, 5) is 83.7. The number of hydrogen-bond donors (Lipinski definition) is 4. The number of fused-ring (bicyclic) bond motifs is 4. The number of ether oxygens (including phenoxy) is 7. The van der Waals surface area contributed by atoms with Crippen molar-refractivity contribution in [3.63, 3.8) is 0 Å². The molecule has 12 atom stereocenters. The lowest BCUT2D eigenvalue weighted by Gasteiger charge is -2.67. The van der Waals surface area contributed by atoms with Gasteiger partial charge in [-0.2, -0.15) is 0 Å². The summed E-state index contributed by atoms with van der Waals surface area (Å²) in [6, 6.07) is 14.3. The van der Waals surface area contributed by atoms with Gasteiger partial charge in [0.15, 0.2) is 35.8 Å². The number of benzene rings is 2. The van der Waals surface area contributed by atoms with Crippen molar-refractivity contribution in [2.24, 2.45) is 16.7 Å². The van der Waals surface area contributed by atoms with Crippen molar-refractivity contribution in [3.8, 4) is 0 Å². The summed E-state index contributed by atoms with van der Waals surface area (Å²) in [5.74, 6) is -5.70. The number of carbonyl (C=O) groups excluding carboxylic acids is 6. The van der Waals surface area contributed by atoms with Crippen LogP contribution in [0.15, 0.2) is 71.8 Å². The van der Waals surface area contributed by atoms with E-state index < -0.39 is 118 Å². The molecule has 4 fully saturated rings. The molecule has 328 valence electrons. The van der Waals surface area contributed by atoms with E-state index in [1.807, 2.05) is 0 Å². The Morgan fingerprint density at radius 3 is 2.13 bits per heavy atom. The topological polar surface area (TPSA) is 240 Å². The molecule has 61 heavy (non-hydrogen) atoms. The molecule has 2 bridgehead atoms. The largest absolute Gasteiger partial charge is 0.509 e. The van der Waals surface area contributed by atoms with Gasteiger partial charge >= 0.3 is 30.2 Å². The van der Waals surface area contributed by atoms with E-state index in [1.165, 1.54) is 39.8 Å². The first-order valence-electron chi connectivity index (χ1n) is 20.0. The molecule has 5 aliphatic rings. The monoisotopic (exact) mass is 849 g/mol. The fourth-order valence-electron chi connectivity index (χ4n) is 10.3. The maximum absolute atomic E-state index is 15.1. The molecular formula is C44H51NO16. The van der Waals surface area contributed by atoms with Gasteiger partial charge in [-0.15, -0.1) is 0 Å². The number of ketones is 1. The predicted molar refractivity (Wildman–Crippen MR) is 208 cm³/mol. The van der Waals surface area contributed by atoms with Gasteiger partial charge in [0.05, 0.1) is 35.6 Å². The molecule has 7 rings (SSSR count). The Hall–Kier alpha value is -5.36. The number of rotatable bonds is 8. The van der Waals surface area contributed by atoms with Crippen LogP contribution in [0.2, 0.25) is 0 Å². The number of carbonyl (C=O) groups is 6. The molecule has 2 saturated carbocycles. The number of hydrogen-bond acceptors (Lipinski definition) is 16. The number of alkyl carbamates (subject to hydrolysis) is 1. The summed E-state index contributed by atoms with van der Waals surface area (Å²) >= 11 is 0. The zero-order valence-electron chi connectivity index (χ0n) is 35.0. The second-order valence-electron chi connectivity index (χ2n) is 18.1. The molecule has 17 heteroatoms. The van der Waals surface area contributed by atoms with Crippen molar-refractivity contribution in [2.45, 2.75) is 127 Å². The number of amides is 1. The summed E-state index contributed by atoms with van der Waals surface area (Å²) < 4.78 is 42.0. The van der Waals surface area contributed by atoms with Crippen molar-refractivity contribution in [1.82, 2.24) is 5.32 Å². The van der Waals surface area contributed by atoms with E-state index in [0.29, 0.717) is 0 Å². The lowest BCUT2D eigenvalue weighted by molar-refractivity contribution is -0.345. The average Bonchev–Trinajstić information content (AvgIpc) is 3.55. The molecule has 17 nitrogen and oxygen atoms in total. The predicted octanol–water partition coefficient (Wildman–Crippen LogP) is 3.41. The maximum atomic E-state index is 15.1. The Kier molecular flexibility index (Phi) is 10.9. The molecular weight excluding hydrogens is 798 g/mol. The first-order valence-corrected chi connectivity index (χ1v) is 20.0. The Bertz CT molecular complexity index is 2150. The first-order chi connectivity index (χ1) is 28.5. The van der Waals surface area contributed by atoms with Crippen LogP contribution in [-0.2, 0) is 47.5 Å². The fraction of sp³-hybridized carbons (Fsp3) is 0.545. The standard InChI is InChI=1S/C44H51NO16/c1-21-27-29(48)33(50)42(8)25(47)19-26-43(20-55-26,59-22(2)46)32(42)35(57-36(51)24-17-13-10-14-18-24)44(41(27,6)7)34(58-39(54)61-44)31(21)56-37(52)30(49)28(23-15-11-9-12-16-23)45-38(53)60-40(3,4)5/h9-18,25-26,28-32,34-35,47-49H,19-20H2,1-8H3,(H,45,53)/t25-,26+,28-,29+,30+,31+,32-,34-,35?,42+,43-,44+/m0/s1. The zero-order chi connectivity index (χ0) is 44.6. The van der Waals surface area contributed by atoms with Gasteiger partial charge in [0.1, 0.15) is 17.8 Å². The van der Waals surface area contributed by atoms with Gasteiger partial charge in [-0.25, -0.2) is 19.2 Å². The fourth-order valence-corrected chi connectivity index (χ4v) is 10.3. The minimum Gasteiger partial charge on any atom is -0.454 e. The summed E-state index contributed by atoms with van der Waals surface area (Å²) in [6.07, 6.45) is -14.8. The third-order valence-corrected chi connectivity index (χ3v) is 13.0. The summed E-state index contributed by atoms with van der Waals surface area (Å²) in [6.45, 7) is 11.5. The van der Waals surface area contributed by atoms with E-state index in [9.17, 15) is 39.3 Å². The van der Waals surface area contributed by atoms with E-state index in [4.69, 9.17) is 33.2 Å². The van der Waals surface area contributed by atoms with Crippen LogP contribution >= 0.6 is 0 Å². The van der Waals surface area contributed by atoms with Gasteiger partial charge in [-0.1, -0.05) is 62.4 Å². The molecule has 2 aromatic rings. The molecule has 3 aliphatic carbocycles. The normalized spacial score (nSPS) is 34.5. The highest BCUT2D eigenvalue weighted by atomic mass is 16.8. The maximum Gasteiger partial charge on any atom is 0.509 e. The minimum atomic E-state index is -2.34. The van der Waals surface area contributed by atoms with Gasteiger partial charge in [-0.3, -0.25) is 9.59 Å². The molecule has 2 saturated heterocycles. The Labute approximate surface area is 351 Å². The van der Waals surface area contributed by atoms with Crippen LogP contribution in [0, 0.1) is 16.7 Å². The van der Waals surface area contributed by atoms with Gasteiger partial charge < -0.3 is 53.8 Å². The van der Waals surface area contributed by atoms with Crippen LogP contribution in [-0.4, -0.2) is 117 Å². The molecule has 2 heterocycles. The Morgan fingerprint density at radius 2 is 1.56 bits per heavy atom. The molecule has 1 amide bonds. The zero-order valence-corrected chi connectivity index (χ0v) is 35.0. The van der Waals surface area contributed by atoms with E-state index in [1.54, 1.807) is 69.3 Å². The van der Waals surface area contributed by atoms with Gasteiger partial charge in [0, 0.05) is 18.8 Å². The Morgan fingerprint density at radius 1 is 0.934 bits per heavy atom. The minimum absolute atomic E-state index is 0.0155. The molecule has 0 radical (unpaired) electrons. The summed E-state index contributed by atoms with van der Waals surface area (Å²) in [5, 5.41) is 38.6. The number of aliphatic hydroxyl groups is 3. The molecule has 2 aromatic carbocycles. The van der Waals surface area contributed by atoms with Crippen molar-refractivity contribution < 1.29 is 77.2 Å². The first kappa shape index (κ1) is 43.7. The highest BCUT2D eigenvalue weighted by Crippen LogP contribution is 2.66. The van der Waals surface area contributed by atoms with Crippen molar-refractivity contribution in [2.75, 3.05) is 6.61 Å². The number of esters is 3. The molecule has 2 aliphatic heterocycles. The number of aliphatic hydroxyl groups excluding tert-OH is 3. The third kappa shape index (κ3) is 6.85. The molecule has 1 unspecified atom stereocenters.